The first-order valence-corrected chi connectivity index (χ1v) is 6.35. The minimum absolute atomic E-state index is 0.141. The van der Waals surface area contributed by atoms with Crippen LogP contribution in [0.15, 0.2) is 24.3 Å². The van der Waals surface area contributed by atoms with Crippen molar-refractivity contribution < 1.29 is 14.3 Å². The fourth-order valence-electron chi connectivity index (χ4n) is 1.50. The van der Waals surface area contributed by atoms with E-state index in [4.69, 9.17) is 4.74 Å². The van der Waals surface area contributed by atoms with E-state index in [1.165, 1.54) is 6.92 Å². The third-order valence-corrected chi connectivity index (χ3v) is 2.20. The maximum atomic E-state index is 11.4. The van der Waals surface area contributed by atoms with Crippen LogP contribution in [0.1, 0.15) is 33.3 Å². The van der Waals surface area contributed by atoms with E-state index in [0.29, 0.717) is 12.2 Å². The lowest BCUT2D eigenvalue weighted by atomic mass is 10.2. The Morgan fingerprint density at radius 3 is 2.45 bits per heavy atom. The lowest BCUT2D eigenvalue weighted by molar-refractivity contribution is -0.114. The van der Waals surface area contributed by atoms with E-state index in [1.54, 1.807) is 26.8 Å². The molecule has 0 unspecified atom stereocenters. The molecule has 0 fully saturated rings. The molecule has 0 saturated carbocycles. The van der Waals surface area contributed by atoms with Crippen molar-refractivity contribution in [3.8, 4) is 0 Å². The average molecular weight is 279 g/mol. The molecule has 0 spiro atoms. The molecular formula is C14H21N3O3. The second-order valence-electron chi connectivity index (χ2n) is 5.32. The summed E-state index contributed by atoms with van der Waals surface area (Å²) in [5, 5.41) is 2.73. The number of para-hydroxylation sites is 1. The topological polar surface area (TPSA) is 79.5 Å². The van der Waals surface area contributed by atoms with Crippen LogP contribution >= 0.6 is 0 Å². The van der Waals surface area contributed by atoms with E-state index >= 15 is 0 Å². The number of anilines is 1. The van der Waals surface area contributed by atoms with Gasteiger partial charge in [0.15, 0.2) is 0 Å². The van der Waals surface area contributed by atoms with Crippen LogP contribution in [0.2, 0.25) is 0 Å². The van der Waals surface area contributed by atoms with Gasteiger partial charge in [0.1, 0.15) is 5.60 Å². The van der Waals surface area contributed by atoms with Crippen LogP contribution in [0, 0.1) is 0 Å². The fraction of sp³-hybridized carbons (Fsp3) is 0.429. The zero-order chi connectivity index (χ0) is 15.2. The summed E-state index contributed by atoms with van der Waals surface area (Å²) in [7, 11) is 0. The average Bonchev–Trinajstić information content (AvgIpc) is 2.28. The Morgan fingerprint density at radius 2 is 1.85 bits per heavy atom. The lowest BCUT2D eigenvalue weighted by Crippen LogP contribution is -2.40. The van der Waals surface area contributed by atoms with Gasteiger partial charge in [-0.25, -0.2) is 10.2 Å². The number of rotatable bonds is 4. The highest BCUT2D eigenvalue weighted by Gasteiger charge is 2.15. The normalized spacial score (nSPS) is 10.8. The van der Waals surface area contributed by atoms with Gasteiger partial charge in [-0.05, 0) is 32.4 Å². The molecule has 6 heteroatoms. The van der Waals surface area contributed by atoms with Gasteiger partial charge < -0.3 is 10.1 Å². The van der Waals surface area contributed by atoms with E-state index in [1.807, 2.05) is 18.2 Å². The van der Waals surface area contributed by atoms with E-state index in [9.17, 15) is 9.59 Å². The number of amides is 2. The van der Waals surface area contributed by atoms with Gasteiger partial charge in [-0.15, -0.1) is 0 Å². The number of hydrogen-bond acceptors (Lipinski definition) is 4. The molecular weight excluding hydrogens is 258 g/mol. The third-order valence-electron chi connectivity index (χ3n) is 2.20. The zero-order valence-corrected chi connectivity index (χ0v) is 12.2. The predicted octanol–water partition coefficient (Wildman–Crippen LogP) is 2.17. The quantitative estimate of drug-likeness (QED) is 0.738. The van der Waals surface area contributed by atoms with Gasteiger partial charge in [-0.2, -0.15) is 0 Å². The van der Waals surface area contributed by atoms with E-state index in [0.717, 1.165) is 5.56 Å². The van der Waals surface area contributed by atoms with Gasteiger partial charge in [0.25, 0.3) is 0 Å². The van der Waals surface area contributed by atoms with Crippen LogP contribution in [0.5, 0.6) is 0 Å². The third kappa shape index (κ3) is 6.19. The molecule has 0 aliphatic rings. The number of ether oxygens (including phenoxy) is 1. The van der Waals surface area contributed by atoms with Crippen molar-refractivity contribution in [3.05, 3.63) is 29.8 Å². The first-order chi connectivity index (χ1) is 9.28. The van der Waals surface area contributed by atoms with Gasteiger partial charge in [-0.1, -0.05) is 18.2 Å². The minimum atomic E-state index is -0.547. The number of carbonyl (C=O) groups is 2. The first-order valence-electron chi connectivity index (χ1n) is 6.35. The molecule has 6 nitrogen and oxygen atoms in total. The van der Waals surface area contributed by atoms with E-state index < -0.39 is 11.7 Å². The molecule has 0 bridgehead atoms. The second kappa shape index (κ2) is 6.91. The summed E-state index contributed by atoms with van der Waals surface area (Å²) in [5.74, 6) is -0.141. The minimum Gasteiger partial charge on any atom is -0.443 e. The van der Waals surface area contributed by atoms with Crippen LogP contribution in [-0.2, 0) is 16.1 Å². The monoisotopic (exact) mass is 279 g/mol. The predicted molar refractivity (Wildman–Crippen MR) is 77.0 cm³/mol. The standard InChI is InChI=1S/C14H21N3O3/c1-10(18)16-12-8-6-5-7-11(12)9-15-17-13(19)20-14(2,3)4/h5-8,15H,9H2,1-4H3,(H,16,18)(H,17,19). The summed E-state index contributed by atoms with van der Waals surface area (Å²) in [6, 6.07) is 7.34. The number of carbonyl (C=O) groups excluding carboxylic acids is 2. The summed E-state index contributed by atoms with van der Waals surface area (Å²) < 4.78 is 5.09. The molecule has 0 heterocycles. The molecule has 0 aromatic heterocycles. The van der Waals surface area contributed by atoms with Crippen molar-refractivity contribution in [2.45, 2.75) is 39.8 Å². The number of hydrogen-bond donors (Lipinski definition) is 3. The maximum Gasteiger partial charge on any atom is 0.422 e. The Balaban J connectivity index is 2.50. The van der Waals surface area contributed by atoms with Gasteiger partial charge in [-0.3, -0.25) is 10.2 Å². The highest BCUT2D eigenvalue weighted by molar-refractivity contribution is 5.89. The Bertz CT molecular complexity index is 481. The van der Waals surface area contributed by atoms with Gasteiger partial charge in [0.05, 0.1) is 0 Å². The second-order valence-corrected chi connectivity index (χ2v) is 5.32. The molecule has 0 atom stereocenters. The van der Waals surface area contributed by atoms with E-state index in [-0.39, 0.29) is 5.91 Å². The highest BCUT2D eigenvalue weighted by Crippen LogP contribution is 2.14. The first kappa shape index (κ1) is 16.0. The SMILES string of the molecule is CC(=O)Nc1ccccc1CNNC(=O)OC(C)(C)C. The molecule has 2 amide bonds. The van der Waals surface area contributed by atoms with Crippen molar-refractivity contribution >= 4 is 17.7 Å². The fourth-order valence-corrected chi connectivity index (χ4v) is 1.50. The van der Waals surface area contributed by atoms with Gasteiger partial charge >= 0.3 is 6.09 Å². The number of benzene rings is 1. The Labute approximate surface area is 118 Å². The molecule has 0 saturated heterocycles. The van der Waals surface area contributed by atoms with Crippen LogP contribution in [0.25, 0.3) is 0 Å². The largest absolute Gasteiger partial charge is 0.443 e. The summed E-state index contributed by atoms with van der Waals surface area (Å²) in [5.41, 5.74) is 6.23. The Kier molecular flexibility index (Phi) is 5.52. The van der Waals surface area contributed by atoms with Crippen molar-refractivity contribution in [1.82, 2.24) is 10.9 Å². The van der Waals surface area contributed by atoms with Crippen molar-refractivity contribution in [2.75, 3.05) is 5.32 Å². The Hall–Kier alpha value is -2.08. The van der Waals surface area contributed by atoms with Crippen LogP contribution in [0.4, 0.5) is 10.5 Å². The molecule has 0 aliphatic carbocycles. The number of hydrazine groups is 1. The summed E-state index contributed by atoms with van der Waals surface area (Å²) >= 11 is 0. The number of nitrogens with one attached hydrogen (secondary N) is 3. The molecule has 0 aliphatic heterocycles. The zero-order valence-electron chi connectivity index (χ0n) is 12.2. The lowest BCUT2D eigenvalue weighted by Gasteiger charge is -2.20. The van der Waals surface area contributed by atoms with Crippen LogP contribution in [-0.4, -0.2) is 17.6 Å². The summed E-state index contributed by atoms with van der Waals surface area (Å²) in [6.07, 6.45) is -0.547. The highest BCUT2D eigenvalue weighted by atomic mass is 16.6. The van der Waals surface area contributed by atoms with E-state index in [2.05, 4.69) is 16.2 Å². The smallest absolute Gasteiger partial charge is 0.422 e. The van der Waals surface area contributed by atoms with Crippen molar-refractivity contribution in [1.29, 1.82) is 0 Å². The summed E-state index contributed by atoms with van der Waals surface area (Å²) in [6.45, 7) is 7.19. The maximum absolute atomic E-state index is 11.4. The molecule has 1 aromatic carbocycles. The summed E-state index contributed by atoms with van der Waals surface area (Å²) in [4.78, 5) is 22.5. The van der Waals surface area contributed by atoms with Gasteiger partial charge in [0, 0.05) is 19.2 Å². The Morgan fingerprint density at radius 1 is 1.20 bits per heavy atom. The van der Waals surface area contributed by atoms with Crippen molar-refractivity contribution in [2.24, 2.45) is 0 Å². The van der Waals surface area contributed by atoms with Crippen LogP contribution < -0.4 is 16.2 Å². The molecule has 0 radical (unpaired) electrons. The van der Waals surface area contributed by atoms with Crippen molar-refractivity contribution in [3.63, 3.8) is 0 Å². The molecule has 3 N–H and O–H groups in total. The molecule has 1 aromatic rings. The van der Waals surface area contributed by atoms with Crippen LogP contribution in [0.3, 0.4) is 0 Å². The molecule has 1 rings (SSSR count). The van der Waals surface area contributed by atoms with Gasteiger partial charge in [0.2, 0.25) is 5.91 Å². The molecule has 110 valence electrons. The molecule has 20 heavy (non-hydrogen) atoms.